The number of anilines is 1. The number of hydrogen-bond acceptors (Lipinski definition) is 2. The van der Waals surface area contributed by atoms with Crippen molar-refractivity contribution < 1.29 is 0 Å². The molecule has 1 aromatic heterocycles. The molecule has 0 atom stereocenters. The van der Waals surface area contributed by atoms with E-state index in [2.05, 4.69) is 9.97 Å². The van der Waals surface area contributed by atoms with Crippen LogP contribution in [-0.4, -0.2) is 9.97 Å². The molecule has 4 heteroatoms. The van der Waals surface area contributed by atoms with Crippen molar-refractivity contribution in [1.29, 1.82) is 0 Å². The monoisotopic (exact) mass is 193 g/mol. The molecule has 0 aliphatic carbocycles. The number of nitrogens with two attached hydrogens (primary N) is 1. The molecule has 0 unspecified atom stereocenters. The number of benzene rings is 1. The average molecular weight is 194 g/mol. The second-order valence-corrected chi connectivity index (χ2v) is 3.07. The highest BCUT2D eigenvalue weighted by Crippen LogP contribution is 2.24. The van der Waals surface area contributed by atoms with Crippen LogP contribution in [0, 0.1) is 0 Å². The molecule has 2 aromatic rings. The number of nitrogen functional groups attached to an aromatic ring is 1. The molecule has 0 saturated heterocycles. The van der Waals surface area contributed by atoms with Crippen molar-refractivity contribution >= 4 is 17.4 Å². The summed E-state index contributed by atoms with van der Waals surface area (Å²) < 4.78 is 0. The van der Waals surface area contributed by atoms with E-state index in [0.29, 0.717) is 16.7 Å². The predicted molar refractivity (Wildman–Crippen MR) is 53.4 cm³/mol. The second kappa shape index (κ2) is 3.11. The Hall–Kier alpha value is -1.48. The van der Waals surface area contributed by atoms with Gasteiger partial charge in [-0.05, 0) is 12.1 Å². The van der Waals surface area contributed by atoms with Crippen molar-refractivity contribution in [1.82, 2.24) is 9.97 Å². The Balaban J connectivity index is 2.52. The second-order valence-electron chi connectivity index (χ2n) is 2.67. The molecule has 0 saturated carbocycles. The average Bonchev–Trinajstić information content (AvgIpc) is 2.53. The number of nitrogens with one attached hydrogen (secondary N) is 1. The highest BCUT2D eigenvalue weighted by atomic mass is 35.5. The fourth-order valence-corrected chi connectivity index (χ4v) is 1.35. The Morgan fingerprint density at radius 1 is 1.31 bits per heavy atom. The third-order valence-electron chi connectivity index (χ3n) is 1.72. The third kappa shape index (κ3) is 1.51. The lowest BCUT2D eigenvalue weighted by atomic mass is 10.2. The van der Waals surface area contributed by atoms with Gasteiger partial charge in [-0.1, -0.05) is 23.7 Å². The number of aromatic nitrogens is 2. The maximum atomic E-state index is 5.97. The fourth-order valence-electron chi connectivity index (χ4n) is 1.13. The standard InChI is InChI=1S/C9H8ClN3/c10-7-4-2-1-3-6(7)9-12-5-8(11)13-9/h1-5H,11H2,(H,12,13). The summed E-state index contributed by atoms with van der Waals surface area (Å²) in [5.74, 6) is 1.23. The van der Waals surface area contributed by atoms with Gasteiger partial charge in [-0.3, -0.25) is 0 Å². The van der Waals surface area contributed by atoms with Crippen LogP contribution < -0.4 is 5.73 Å². The first-order valence-electron chi connectivity index (χ1n) is 3.83. The number of imidazole rings is 1. The number of rotatable bonds is 1. The van der Waals surface area contributed by atoms with Crippen molar-refractivity contribution in [3.63, 3.8) is 0 Å². The predicted octanol–water partition coefficient (Wildman–Crippen LogP) is 2.31. The minimum atomic E-state index is 0.537. The molecule has 66 valence electrons. The van der Waals surface area contributed by atoms with Gasteiger partial charge in [0.05, 0.1) is 11.2 Å². The van der Waals surface area contributed by atoms with E-state index in [0.717, 1.165) is 5.56 Å². The van der Waals surface area contributed by atoms with Gasteiger partial charge in [-0.25, -0.2) is 4.98 Å². The van der Waals surface area contributed by atoms with Crippen LogP contribution in [0.15, 0.2) is 30.5 Å². The Morgan fingerprint density at radius 2 is 2.08 bits per heavy atom. The zero-order valence-corrected chi connectivity index (χ0v) is 7.55. The van der Waals surface area contributed by atoms with Crippen molar-refractivity contribution in [3.8, 4) is 11.4 Å². The zero-order valence-electron chi connectivity index (χ0n) is 6.79. The summed E-state index contributed by atoms with van der Waals surface area (Å²) in [5, 5.41) is 0.664. The number of nitrogens with zero attached hydrogens (tertiary/aromatic N) is 1. The topological polar surface area (TPSA) is 54.7 Å². The number of halogens is 1. The van der Waals surface area contributed by atoms with Gasteiger partial charge in [0.15, 0.2) is 0 Å². The fraction of sp³-hybridized carbons (Fsp3) is 0. The maximum absolute atomic E-state index is 5.97. The number of hydrogen-bond donors (Lipinski definition) is 2. The molecule has 3 nitrogen and oxygen atoms in total. The summed E-state index contributed by atoms with van der Waals surface area (Å²) in [5.41, 5.74) is 6.37. The molecule has 13 heavy (non-hydrogen) atoms. The van der Waals surface area contributed by atoms with Gasteiger partial charge in [-0.15, -0.1) is 0 Å². The van der Waals surface area contributed by atoms with Crippen LogP contribution in [0.3, 0.4) is 0 Å². The lowest BCUT2D eigenvalue weighted by Gasteiger charge is -1.98. The Morgan fingerprint density at radius 3 is 2.69 bits per heavy atom. The Labute approximate surface area is 80.6 Å². The van der Waals surface area contributed by atoms with E-state index < -0.39 is 0 Å². The molecule has 0 aliphatic rings. The quantitative estimate of drug-likeness (QED) is 0.730. The SMILES string of the molecule is Nc1cnc(-c2ccccc2Cl)[nH]1. The Kier molecular flexibility index (Phi) is 1.94. The van der Waals surface area contributed by atoms with E-state index in [1.807, 2.05) is 24.3 Å². The van der Waals surface area contributed by atoms with Gasteiger partial charge in [-0.2, -0.15) is 0 Å². The van der Waals surface area contributed by atoms with Crippen LogP contribution in [0.4, 0.5) is 5.82 Å². The molecule has 1 heterocycles. The number of aromatic amines is 1. The maximum Gasteiger partial charge on any atom is 0.140 e. The molecule has 0 fully saturated rings. The normalized spacial score (nSPS) is 10.2. The first-order valence-corrected chi connectivity index (χ1v) is 4.20. The highest BCUT2D eigenvalue weighted by molar-refractivity contribution is 6.33. The number of H-pyrrole nitrogens is 1. The molecule has 3 N–H and O–H groups in total. The van der Waals surface area contributed by atoms with Gasteiger partial charge in [0.1, 0.15) is 11.6 Å². The first kappa shape index (κ1) is 8.13. The van der Waals surface area contributed by atoms with Gasteiger partial charge in [0.25, 0.3) is 0 Å². The summed E-state index contributed by atoms with van der Waals surface area (Å²) in [6.45, 7) is 0. The third-order valence-corrected chi connectivity index (χ3v) is 2.05. The van der Waals surface area contributed by atoms with E-state index >= 15 is 0 Å². The van der Waals surface area contributed by atoms with Crippen molar-refractivity contribution in [2.75, 3.05) is 5.73 Å². The first-order chi connectivity index (χ1) is 6.27. The summed E-state index contributed by atoms with van der Waals surface area (Å²) in [7, 11) is 0. The highest BCUT2D eigenvalue weighted by Gasteiger charge is 2.04. The van der Waals surface area contributed by atoms with E-state index in [1.54, 1.807) is 6.20 Å². The lowest BCUT2D eigenvalue weighted by Crippen LogP contribution is -1.84. The molecular weight excluding hydrogens is 186 g/mol. The molecule has 1 aromatic carbocycles. The van der Waals surface area contributed by atoms with Gasteiger partial charge in [0.2, 0.25) is 0 Å². The minimum Gasteiger partial charge on any atom is -0.384 e. The summed E-state index contributed by atoms with van der Waals surface area (Å²) in [4.78, 5) is 7.00. The molecule has 0 radical (unpaired) electrons. The van der Waals surface area contributed by atoms with Crippen LogP contribution in [0.1, 0.15) is 0 Å². The van der Waals surface area contributed by atoms with Crippen LogP contribution >= 0.6 is 11.6 Å². The Bertz CT molecular complexity index is 422. The lowest BCUT2D eigenvalue weighted by molar-refractivity contribution is 1.31. The van der Waals surface area contributed by atoms with Crippen LogP contribution in [0.2, 0.25) is 5.02 Å². The molecule has 0 amide bonds. The smallest absolute Gasteiger partial charge is 0.140 e. The van der Waals surface area contributed by atoms with E-state index in [-0.39, 0.29) is 0 Å². The minimum absolute atomic E-state index is 0.537. The largest absolute Gasteiger partial charge is 0.384 e. The zero-order chi connectivity index (χ0) is 9.26. The van der Waals surface area contributed by atoms with Crippen molar-refractivity contribution in [2.24, 2.45) is 0 Å². The van der Waals surface area contributed by atoms with Gasteiger partial charge in [0, 0.05) is 5.56 Å². The van der Waals surface area contributed by atoms with E-state index in [9.17, 15) is 0 Å². The van der Waals surface area contributed by atoms with Crippen LogP contribution in [0.5, 0.6) is 0 Å². The summed E-state index contributed by atoms with van der Waals surface area (Å²) >= 11 is 5.97. The van der Waals surface area contributed by atoms with Crippen LogP contribution in [-0.2, 0) is 0 Å². The molecular formula is C9H8ClN3. The van der Waals surface area contributed by atoms with Crippen molar-refractivity contribution in [2.45, 2.75) is 0 Å². The molecule has 0 spiro atoms. The van der Waals surface area contributed by atoms with E-state index in [4.69, 9.17) is 17.3 Å². The van der Waals surface area contributed by atoms with Gasteiger partial charge < -0.3 is 10.7 Å². The summed E-state index contributed by atoms with van der Waals surface area (Å²) in [6, 6.07) is 7.48. The van der Waals surface area contributed by atoms with E-state index in [1.165, 1.54) is 0 Å². The molecule has 0 aliphatic heterocycles. The van der Waals surface area contributed by atoms with Gasteiger partial charge >= 0.3 is 0 Å². The summed E-state index contributed by atoms with van der Waals surface area (Å²) in [6.07, 6.45) is 1.57. The van der Waals surface area contributed by atoms with Crippen molar-refractivity contribution in [3.05, 3.63) is 35.5 Å². The molecule has 2 rings (SSSR count). The van der Waals surface area contributed by atoms with Crippen LogP contribution in [0.25, 0.3) is 11.4 Å². The molecule has 0 bridgehead atoms.